The highest BCUT2D eigenvalue weighted by Crippen LogP contribution is 2.11. The number of quaternary nitrogens is 1. The predicted molar refractivity (Wildman–Crippen MR) is 60.9 cm³/mol. The number of likely N-dealkylation sites (N-methyl/N-ethyl adjacent to an activating group) is 1. The van der Waals surface area contributed by atoms with Crippen molar-refractivity contribution in [2.45, 2.75) is 0 Å². The summed E-state index contributed by atoms with van der Waals surface area (Å²) in [6.07, 6.45) is 5.21. The van der Waals surface area contributed by atoms with Crippen LogP contribution >= 0.6 is 0 Å². The van der Waals surface area contributed by atoms with Gasteiger partial charge in [-0.15, -0.1) is 6.42 Å². The maximum Gasteiger partial charge on any atom is 0.139 e. The molecule has 1 unspecified atom stereocenters. The zero-order valence-corrected chi connectivity index (χ0v) is 8.89. The maximum absolute atomic E-state index is 12.9. The zero-order chi connectivity index (χ0) is 11.3. The molecule has 1 nitrogen and oxygen atoms in total. The first-order valence-corrected chi connectivity index (χ1v) is 4.82. The van der Waals surface area contributed by atoms with Crippen LogP contribution in [0.3, 0.4) is 0 Å². The number of hydrogen-bond donors (Lipinski definition) is 1. The van der Waals surface area contributed by atoms with E-state index < -0.39 is 0 Å². The number of benzene rings is 1. The van der Waals surface area contributed by atoms with Crippen LogP contribution < -0.4 is 4.90 Å². The van der Waals surface area contributed by atoms with E-state index in [-0.39, 0.29) is 5.82 Å². The third kappa shape index (κ3) is 3.57. The molecule has 0 saturated heterocycles. The van der Waals surface area contributed by atoms with E-state index in [4.69, 9.17) is 6.42 Å². The van der Waals surface area contributed by atoms with Gasteiger partial charge >= 0.3 is 0 Å². The van der Waals surface area contributed by atoms with Crippen LogP contribution in [-0.4, -0.2) is 20.1 Å². The minimum atomic E-state index is -0.233. The second-order valence-electron chi connectivity index (χ2n) is 3.63. The van der Waals surface area contributed by atoms with Crippen molar-refractivity contribution in [2.24, 2.45) is 0 Å². The summed E-state index contributed by atoms with van der Waals surface area (Å²) in [7, 11) is 1.99. The van der Waals surface area contributed by atoms with Crippen molar-refractivity contribution < 1.29 is 9.29 Å². The first kappa shape index (κ1) is 11.5. The Bertz CT molecular complexity index is 390. The molecule has 0 heterocycles. The smallest absolute Gasteiger partial charge is 0.139 e. The standard InChI is InChI=1S/C13H14FN/c1-4-8-15(3)10-11(2)12-6-5-7-13(14)9-12/h1,5-7,9H,2,8,10H2,3H3/p+1. The lowest BCUT2D eigenvalue weighted by Gasteiger charge is -2.12. The molecule has 15 heavy (non-hydrogen) atoms. The van der Waals surface area contributed by atoms with Crippen LogP contribution in [0.15, 0.2) is 30.8 Å². The average Bonchev–Trinajstić information content (AvgIpc) is 2.18. The zero-order valence-electron chi connectivity index (χ0n) is 8.89. The predicted octanol–water partition coefficient (Wildman–Crippen LogP) is 0.987. The molecule has 0 radical (unpaired) electrons. The molecule has 1 aromatic carbocycles. The SMILES string of the molecule is C#CC[NH+](C)CC(=C)c1cccc(F)c1. The second kappa shape index (κ2) is 5.33. The molecule has 0 aliphatic rings. The lowest BCUT2D eigenvalue weighted by Crippen LogP contribution is -3.08. The number of hydrogen-bond acceptors (Lipinski definition) is 0. The molecule has 0 aliphatic heterocycles. The van der Waals surface area contributed by atoms with Gasteiger partial charge < -0.3 is 4.90 Å². The van der Waals surface area contributed by atoms with Crippen LogP contribution in [0.1, 0.15) is 5.56 Å². The Morgan fingerprint density at radius 3 is 2.93 bits per heavy atom. The van der Waals surface area contributed by atoms with Gasteiger partial charge in [-0.25, -0.2) is 4.39 Å². The highest BCUT2D eigenvalue weighted by Gasteiger charge is 2.05. The molecule has 2 heteroatoms. The average molecular weight is 204 g/mol. The highest BCUT2D eigenvalue weighted by molar-refractivity contribution is 5.63. The second-order valence-corrected chi connectivity index (χ2v) is 3.63. The highest BCUT2D eigenvalue weighted by atomic mass is 19.1. The van der Waals surface area contributed by atoms with Gasteiger partial charge in [0.25, 0.3) is 0 Å². The van der Waals surface area contributed by atoms with Crippen LogP contribution in [-0.2, 0) is 0 Å². The Hall–Kier alpha value is -1.59. The molecule has 1 N–H and O–H groups in total. The molecular formula is C13H15FN+. The summed E-state index contributed by atoms with van der Waals surface area (Å²) >= 11 is 0. The molecule has 0 spiro atoms. The van der Waals surface area contributed by atoms with E-state index in [0.717, 1.165) is 17.7 Å². The van der Waals surface area contributed by atoms with Gasteiger partial charge in [-0.05, 0) is 23.6 Å². The molecule has 1 aromatic rings. The van der Waals surface area contributed by atoms with Gasteiger partial charge in [0.2, 0.25) is 0 Å². The summed E-state index contributed by atoms with van der Waals surface area (Å²) in [5, 5.41) is 0. The van der Waals surface area contributed by atoms with Gasteiger partial charge in [-0.2, -0.15) is 0 Å². The Morgan fingerprint density at radius 1 is 1.60 bits per heavy atom. The van der Waals surface area contributed by atoms with Gasteiger partial charge in [0, 0.05) is 5.57 Å². The summed E-state index contributed by atoms with van der Waals surface area (Å²) < 4.78 is 12.9. The van der Waals surface area contributed by atoms with Crippen LogP contribution in [0.5, 0.6) is 0 Å². The van der Waals surface area contributed by atoms with Crippen molar-refractivity contribution >= 4 is 5.57 Å². The molecule has 78 valence electrons. The lowest BCUT2D eigenvalue weighted by atomic mass is 10.1. The molecule has 0 fully saturated rings. The number of terminal acetylenes is 1. The normalized spacial score (nSPS) is 11.8. The minimum Gasteiger partial charge on any atom is -0.324 e. The lowest BCUT2D eigenvalue weighted by molar-refractivity contribution is -0.863. The summed E-state index contributed by atoms with van der Waals surface area (Å²) in [4.78, 5) is 1.17. The Morgan fingerprint density at radius 2 is 2.33 bits per heavy atom. The van der Waals surface area contributed by atoms with E-state index >= 15 is 0 Å². The molecule has 1 atom stereocenters. The molecule has 0 aliphatic carbocycles. The first-order chi connectivity index (χ1) is 7.13. The van der Waals surface area contributed by atoms with Gasteiger partial charge in [-0.3, -0.25) is 0 Å². The van der Waals surface area contributed by atoms with Crippen LogP contribution in [0.25, 0.3) is 5.57 Å². The molecule has 1 rings (SSSR count). The molecule has 0 saturated carbocycles. The van der Waals surface area contributed by atoms with Gasteiger partial charge in [0.15, 0.2) is 0 Å². The Labute approximate surface area is 90.2 Å². The van der Waals surface area contributed by atoms with Crippen molar-refractivity contribution in [3.63, 3.8) is 0 Å². The fourth-order valence-electron chi connectivity index (χ4n) is 1.41. The fourth-order valence-corrected chi connectivity index (χ4v) is 1.41. The first-order valence-electron chi connectivity index (χ1n) is 4.82. The minimum absolute atomic E-state index is 0.233. The topological polar surface area (TPSA) is 4.44 Å². The van der Waals surface area contributed by atoms with Gasteiger partial charge in [0.1, 0.15) is 18.9 Å². The maximum atomic E-state index is 12.9. The Kier molecular flexibility index (Phi) is 4.08. The number of rotatable bonds is 4. The third-order valence-electron chi connectivity index (χ3n) is 2.15. The van der Waals surface area contributed by atoms with Crippen molar-refractivity contribution in [1.29, 1.82) is 0 Å². The fraction of sp³-hybridized carbons (Fsp3) is 0.231. The van der Waals surface area contributed by atoms with Crippen molar-refractivity contribution in [2.75, 3.05) is 20.1 Å². The van der Waals surface area contributed by atoms with Gasteiger partial charge in [-0.1, -0.05) is 18.7 Å². The molecular weight excluding hydrogens is 189 g/mol. The van der Waals surface area contributed by atoms with Gasteiger partial charge in [0.05, 0.1) is 7.05 Å². The number of nitrogens with one attached hydrogen (secondary N) is 1. The largest absolute Gasteiger partial charge is 0.324 e. The van der Waals surface area contributed by atoms with E-state index in [1.807, 2.05) is 13.1 Å². The monoisotopic (exact) mass is 204 g/mol. The van der Waals surface area contributed by atoms with Crippen LogP contribution in [0.2, 0.25) is 0 Å². The van der Waals surface area contributed by atoms with E-state index in [9.17, 15) is 4.39 Å². The summed E-state index contributed by atoms with van der Waals surface area (Å²) in [5.74, 6) is 2.35. The summed E-state index contributed by atoms with van der Waals surface area (Å²) in [5.41, 5.74) is 1.74. The van der Waals surface area contributed by atoms with Crippen molar-refractivity contribution in [1.82, 2.24) is 0 Å². The van der Waals surface area contributed by atoms with Crippen LogP contribution in [0.4, 0.5) is 4.39 Å². The summed E-state index contributed by atoms with van der Waals surface area (Å²) in [6, 6.07) is 6.46. The third-order valence-corrected chi connectivity index (χ3v) is 2.15. The summed E-state index contributed by atoms with van der Waals surface area (Å²) in [6.45, 7) is 5.31. The van der Waals surface area contributed by atoms with Crippen LogP contribution in [0, 0.1) is 18.2 Å². The molecule has 0 bridgehead atoms. The molecule has 0 aromatic heterocycles. The Balaban J connectivity index is 2.66. The van der Waals surface area contributed by atoms with E-state index in [2.05, 4.69) is 12.5 Å². The number of halogens is 1. The van der Waals surface area contributed by atoms with E-state index in [1.165, 1.54) is 17.0 Å². The quantitative estimate of drug-likeness (QED) is 0.698. The van der Waals surface area contributed by atoms with E-state index in [0.29, 0.717) is 6.54 Å². The molecule has 0 amide bonds. The van der Waals surface area contributed by atoms with Crippen molar-refractivity contribution in [3.05, 3.63) is 42.2 Å². The van der Waals surface area contributed by atoms with E-state index in [1.54, 1.807) is 6.07 Å². The van der Waals surface area contributed by atoms with Crippen molar-refractivity contribution in [3.8, 4) is 12.3 Å².